The standard InChI is InChI=1S/C22H29NO3S/c1-5-12-22(24)20-13-17(15(2)3)8-9-18(20)14-21(22)23-27(25,26)19-10-6-16(4)7-11-19/h6-11,13,15,21,23-24H,5,12,14H2,1-4H3/t21-,22-/m0/s1. The minimum Gasteiger partial charge on any atom is -0.383 e. The van der Waals surface area contributed by atoms with E-state index in [0.29, 0.717) is 18.8 Å². The zero-order chi connectivity index (χ0) is 19.8. The molecule has 1 aliphatic rings. The molecular weight excluding hydrogens is 358 g/mol. The van der Waals surface area contributed by atoms with Gasteiger partial charge in [0.05, 0.1) is 10.9 Å². The molecule has 4 nitrogen and oxygen atoms in total. The van der Waals surface area contributed by atoms with Gasteiger partial charge in [0.25, 0.3) is 0 Å². The van der Waals surface area contributed by atoms with Gasteiger partial charge in [0, 0.05) is 0 Å². The van der Waals surface area contributed by atoms with Gasteiger partial charge in [-0.25, -0.2) is 13.1 Å². The Labute approximate surface area is 162 Å². The predicted molar refractivity (Wildman–Crippen MR) is 108 cm³/mol. The second-order valence-electron chi connectivity index (χ2n) is 7.94. The maximum Gasteiger partial charge on any atom is 0.240 e. The van der Waals surface area contributed by atoms with E-state index in [-0.39, 0.29) is 4.90 Å². The third-order valence-electron chi connectivity index (χ3n) is 5.53. The van der Waals surface area contributed by atoms with E-state index in [0.717, 1.165) is 28.7 Å². The molecule has 2 aromatic rings. The van der Waals surface area contributed by atoms with Crippen molar-refractivity contribution in [2.75, 3.05) is 0 Å². The average Bonchev–Trinajstić information content (AvgIpc) is 2.86. The van der Waals surface area contributed by atoms with Crippen LogP contribution in [0.5, 0.6) is 0 Å². The number of benzene rings is 2. The summed E-state index contributed by atoms with van der Waals surface area (Å²) in [6.07, 6.45) is 1.78. The van der Waals surface area contributed by atoms with Crippen LogP contribution in [0.4, 0.5) is 0 Å². The van der Waals surface area contributed by atoms with Crippen molar-refractivity contribution in [2.24, 2.45) is 0 Å². The zero-order valence-corrected chi connectivity index (χ0v) is 17.3. The lowest BCUT2D eigenvalue weighted by molar-refractivity contribution is 0.00643. The number of aryl methyl sites for hydroxylation is 1. The lowest BCUT2D eigenvalue weighted by Gasteiger charge is -2.32. The van der Waals surface area contributed by atoms with Crippen LogP contribution in [0.2, 0.25) is 0 Å². The predicted octanol–water partition coefficient (Wildman–Crippen LogP) is 4.01. The van der Waals surface area contributed by atoms with Gasteiger partial charge in [-0.2, -0.15) is 0 Å². The average molecular weight is 388 g/mol. The van der Waals surface area contributed by atoms with E-state index in [1.54, 1.807) is 24.3 Å². The molecule has 0 saturated heterocycles. The van der Waals surface area contributed by atoms with E-state index in [9.17, 15) is 13.5 Å². The number of aliphatic hydroxyl groups is 1. The molecule has 2 aromatic carbocycles. The van der Waals surface area contributed by atoms with Crippen molar-refractivity contribution < 1.29 is 13.5 Å². The van der Waals surface area contributed by atoms with Gasteiger partial charge in [0.2, 0.25) is 10.0 Å². The van der Waals surface area contributed by atoms with Crippen molar-refractivity contribution in [1.82, 2.24) is 4.72 Å². The van der Waals surface area contributed by atoms with Crippen LogP contribution in [0.3, 0.4) is 0 Å². The van der Waals surface area contributed by atoms with Crippen molar-refractivity contribution in [2.45, 2.75) is 69.4 Å². The number of hydrogen-bond acceptors (Lipinski definition) is 3. The van der Waals surface area contributed by atoms with Gasteiger partial charge in [-0.3, -0.25) is 0 Å². The summed E-state index contributed by atoms with van der Waals surface area (Å²) in [5.74, 6) is 0.351. The van der Waals surface area contributed by atoms with Crippen LogP contribution < -0.4 is 4.72 Å². The Hall–Kier alpha value is -1.69. The minimum atomic E-state index is -3.70. The van der Waals surface area contributed by atoms with Gasteiger partial charge in [-0.05, 0) is 54.5 Å². The second-order valence-corrected chi connectivity index (χ2v) is 9.65. The summed E-state index contributed by atoms with van der Waals surface area (Å²) in [6, 6.07) is 12.4. The van der Waals surface area contributed by atoms with Crippen LogP contribution >= 0.6 is 0 Å². The molecule has 27 heavy (non-hydrogen) atoms. The minimum absolute atomic E-state index is 0.228. The molecule has 146 valence electrons. The normalized spacial score (nSPS) is 22.2. The third kappa shape index (κ3) is 3.82. The van der Waals surface area contributed by atoms with Crippen molar-refractivity contribution in [3.63, 3.8) is 0 Å². The summed E-state index contributed by atoms with van der Waals surface area (Å²) in [6.45, 7) is 8.16. The molecule has 0 bridgehead atoms. The topological polar surface area (TPSA) is 66.4 Å². The molecule has 0 heterocycles. The van der Waals surface area contributed by atoms with Crippen molar-refractivity contribution in [3.05, 3.63) is 64.7 Å². The maximum absolute atomic E-state index is 12.9. The summed E-state index contributed by atoms with van der Waals surface area (Å²) < 4.78 is 28.6. The van der Waals surface area contributed by atoms with Gasteiger partial charge in [0.1, 0.15) is 5.60 Å². The van der Waals surface area contributed by atoms with Crippen LogP contribution in [0.25, 0.3) is 0 Å². The molecule has 0 saturated carbocycles. The molecule has 5 heteroatoms. The first kappa shape index (κ1) is 20.1. The van der Waals surface area contributed by atoms with Crippen LogP contribution in [0, 0.1) is 6.92 Å². The summed E-state index contributed by atoms with van der Waals surface area (Å²) >= 11 is 0. The highest BCUT2D eigenvalue weighted by molar-refractivity contribution is 7.89. The van der Waals surface area contributed by atoms with E-state index >= 15 is 0 Å². The van der Waals surface area contributed by atoms with Crippen LogP contribution in [0.1, 0.15) is 61.8 Å². The zero-order valence-electron chi connectivity index (χ0n) is 16.5. The van der Waals surface area contributed by atoms with Crippen molar-refractivity contribution >= 4 is 10.0 Å². The summed E-state index contributed by atoms with van der Waals surface area (Å²) in [4.78, 5) is 0.228. The van der Waals surface area contributed by atoms with Gasteiger partial charge in [-0.1, -0.05) is 63.1 Å². The molecule has 3 rings (SSSR count). The van der Waals surface area contributed by atoms with Crippen LogP contribution in [-0.4, -0.2) is 19.6 Å². The molecule has 0 amide bonds. The smallest absolute Gasteiger partial charge is 0.240 e. The van der Waals surface area contributed by atoms with Gasteiger partial charge in [0.15, 0.2) is 0 Å². The molecule has 2 atom stereocenters. The van der Waals surface area contributed by atoms with Gasteiger partial charge >= 0.3 is 0 Å². The first-order valence-electron chi connectivity index (χ1n) is 9.62. The maximum atomic E-state index is 12.9. The SMILES string of the molecule is CCC[C@]1(O)c2cc(C(C)C)ccc2C[C@@H]1NS(=O)(=O)c1ccc(C)cc1. The Morgan fingerprint density at radius 3 is 2.44 bits per heavy atom. The van der Waals surface area contributed by atoms with Gasteiger partial charge in [-0.15, -0.1) is 0 Å². The summed E-state index contributed by atoms with van der Waals surface area (Å²) in [5.41, 5.74) is 2.86. The Morgan fingerprint density at radius 1 is 1.19 bits per heavy atom. The number of fused-ring (bicyclic) bond motifs is 1. The Morgan fingerprint density at radius 2 is 1.85 bits per heavy atom. The molecular formula is C22H29NO3S. The van der Waals surface area contributed by atoms with E-state index in [1.165, 1.54) is 0 Å². The molecule has 0 aliphatic heterocycles. The van der Waals surface area contributed by atoms with Crippen LogP contribution in [0.15, 0.2) is 47.4 Å². The number of hydrogen-bond donors (Lipinski definition) is 2. The largest absolute Gasteiger partial charge is 0.383 e. The fourth-order valence-corrected chi connectivity index (χ4v) is 5.20. The van der Waals surface area contributed by atoms with Gasteiger partial charge < -0.3 is 5.11 Å². The molecule has 2 N–H and O–H groups in total. The van der Waals surface area contributed by atoms with Crippen molar-refractivity contribution in [1.29, 1.82) is 0 Å². The Kier molecular flexibility index (Phi) is 5.48. The van der Waals surface area contributed by atoms with Crippen LogP contribution in [-0.2, 0) is 22.0 Å². The van der Waals surface area contributed by atoms with Crippen molar-refractivity contribution in [3.8, 4) is 0 Å². The lowest BCUT2D eigenvalue weighted by atomic mass is 9.86. The molecule has 0 spiro atoms. The molecule has 0 aromatic heterocycles. The lowest BCUT2D eigenvalue weighted by Crippen LogP contribution is -2.48. The fraction of sp³-hybridized carbons (Fsp3) is 0.455. The Balaban J connectivity index is 1.96. The van der Waals surface area contributed by atoms with E-state index in [4.69, 9.17) is 0 Å². The second kappa shape index (κ2) is 7.38. The molecule has 0 fully saturated rings. The Bertz CT molecular complexity index is 919. The molecule has 0 unspecified atom stereocenters. The highest BCUT2D eigenvalue weighted by atomic mass is 32.2. The number of nitrogens with one attached hydrogen (secondary N) is 1. The van der Waals surface area contributed by atoms with E-state index in [1.807, 2.05) is 19.9 Å². The number of rotatable bonds is 6. The fourth-order valence-electron chi connectivity index (χ4n) is 3.91. The first-order valence-corrected chi connectivity index (χ1v) is 11.1. The number of sulfonamides is 1. The quantitative estimate of drug-likeness (QED) is 0.787. The highest BCUT2D eigenvalue weighted by Gasteiger charge is 2.46. The summed E-state index contributed by atoms with van der Waals surface area (Å²) in [5, 5.41) is 11.5. The first-order chi connectivity index (χ1) is 12.7. The molecule has 1 aliphatic carbocycles. The van der Waals surface area contributed by atoms with E-state index in [2.05, 4.69) is 30.7 Å². The summed E-state index contributed by atoms with van der Waals surface area (Å²) in [7, 11) is -3.70. The molecule has 0 radical (unpaired) electrons. The van der Waals surface area contributed by atoms with E-state index < -0.39 is 21.7 Å². The monoisotopic (exact) mass is 387 g/mol. The highest BCUT2D eigenvalue weighted by Crippen LogP contribution is 2.42. The third-order valence-corrected chi connectivity index (χ3v) is 7.01.